The predicted octanol–water partition coefficient (Wildman–Crippen LogP) is 2.93. The Hall–Kier alpha value is -2.38. The summed E-state index contributed by atoms with van der Waals surface area (Å²) in [5.41, 5.74) is 0.441. The molecule has 0 fully saturated rings. The first kappa shape index (κ1) is 19.0. The molecule has 0 radical (unpaired) electrons. The Bertz CT molecular complexity index is 897. The normalized spacial score (nSPS) is 12.3. The fourth-order valence-electron chi connectivity index (χ4n) is 1.93. The van der Waals surface area contributed by atoms with Crippen LogP contribution >= 0.6 is 11.6 Å². The van der Waals surface area contributed by atoms with Crippen LogP contribution in [0.5, 0.6) is 0 Å². The number of para-hydroxylation sites is 1. The second kappa shape index (κ2) is 7.67. The lowest BCUT2D eigenvalue weighted by Gasteiger charge is -2.14. The van der Waals surface area contributed by atoms with E-state index in [9.17, 15) is 18.0 Å². The third kappa shape index (κ3) is 5.04. The maximum absolute atomic E-state index is 12.2. The topological polar surface area (TPSA) is 89.5 Å². The number of anilines is 1. The van der Waals surface area contributed by atoms with Crippen LogP contribution < -0.4 is 5.32 Å². The molecule has 2 rings (SSSR count). The molecule has 1 amide bonds. The minimum Gasteiger partial charge on any atom is -0.449 e. The van der Waals surface area contributed by atoms with Gasteiger partial charge in [0.15, 0.2) is 15.9 Å². The van der Waals surface area contributed by atoms with Crippen molar-refractivity contribution >= 4 is 39.0 Å². The fourth-order valence-corrected chi connectivity index (χ4v) is 2.78. The van der Waals surface area contributed by atoms with Crippen LogP contribution in [0.3, 0.4) is 0 Å². The summed E-state index contributed by atoms with van der Waals surface area (Å²) in [4.78, 5) is 24.2. The monoisotopic (exact) mass is 381 g/mol. The number of sulfone groups is 1. The highest BCUT2D eigenvalue weighted by molar-refractivity contribution is 7.90. The molecule has 2 aromatic rings. The number of nitrogens with one attached hydrogen (secondary N) is 1. The van der Waals surface area contributed by atoms with Crippen LogP contribution in [0.15, 0.2) is 53.4 Å². The van der Waals surface area contributed by atoms with Crippen LogP contribution in [0, 0.1) is 0 Å². The molecule has 0 saturated heterocycles. The number of rotatable bonds is 5. The molecule has 6 nitrogen and oxygen atoms in total. The van der Waals surface area contributed by atoms with Crippen molar-refractivity contribution in [2.75, 3.05) is 11.6 Å². The molecule has 0 saturated carbocycles. The zero-order valence-electron chi connectivity index (χ0n) is 13.5. The minimum absolute atomic E-state index is 0.0352. The summed E-state index contributed by atoms with van der Waals surface area (Å²) < 4.78 is 28.3. The van der Waals surface area contributed by atoms with Crippen LogP contribution in [0.1, 0.15) is 17.3 Å². The van der Waals surface area contributed by atoms with Gasteiger partial charge in [-0.1, -0.05) is 29.8 Å². The summed E-state index contributed by atoms with van der Waals surface area (Å²) in [6.07, 6.45) is -0.0768. The first-order valence-electron chi connectivity index (χ1n) is 7.25. The number of benzene rings is 2. The zero-order valence-corrected chi connectivity index (χ0v) is 15.1. The summed E-state index contributed by atoms with van der Waals surface area (Å²) in [6.45, 7) is 1.41. The van der Waals surface area contributed by atoms with E-state index in [-0.39, 0.29) is 15.5 Å². The highest BCUT2D eigenvalue weighted by Crippen LogP contribution is 2.22. The highest BCUT2D eigenvalue weighted by atomic mass is 35.5. The minimum atomic E-state index is -3.51. The van der Waals surface area contributed by atoms with E-state index in [1.54, 1.807) is 30.3 Å². The molecule has 0 aliphatic carbocycles. The van der Waals surface area contributed by atoms with Crippen molar-refractivity contribution in [1.82, 2.24) is 0 Å². The SMILES string of the molecule is CC(OC(=O)c1cc(S(C)(=O)=O)ccc1Cl)C(=O)Nc1ccccc1. The van der Waals surface area contributed by atoms with Crippen LogP contribution in [-0.4, -0.2) is 32.7 Å². The second-order valence-corrected chi connectivity index (χ2v) is 7.74. The molecule has 1 N–H and O–H groups in total. The number of hydrogen-bond donors (Lipinski definition) is 1. The summed E-state index contributed by atoms with van der Waals surface area (Å²) in [7, 11) is -3.51. The molecular formula is C17H16ClNO5S. The molecule has 0 aromatic heterocycles. The molecule has 0 heterocycles. The average molecular weight is 382 g/mol. The molecule has 132 valence electrons. The number of amides is 1. The van der Waals surface area contributed by atoms with Crippen molar-refractivity contribution in [3.8, 4) is 0 Å². The summed E-state index contributed by atoms with van der Waals surface area (Å²) in [5.74, 6) is -1.40. The Morgan fingerprint density at radius 2 is 1.76 bits per heavy atom. The first-order chi connectivity index (χ1) is 11.7. The van der Waals surface area contributed by atoms with Crippen LogP contribution in [0.25, 0.3) is 0 Å². The maximum atomic E-state index is 12.2. The van der Waals surface area contributed by atoms with E-state index in [2.05, 4.69) is 5.32 Å². The quantitative estimate of drug-likeness (QED) is 0.804. The summed E-state index contributed by atoms with van der Waals surface area (Å²) >= 11 is 5.94. The lowest BCUT2D eigenvalue weighted by atomic mass is 10.2. The molecule has 8 heteroatoms. The fraction of sp³-hybridized carbons (Fsp3) is 0.176. The van der Waals surface area contributed by atoms with E-state index in [0.717, 1.165) is 12.3 Å². The Balaban J connectivity index is 2.12. The van der Waals surface area contributed by atoms with Gasteiger partial charge in [-0.3, -0.25) is 4.79 Å². The smallest absolute Gasteiger partial charge is 0.340 e. The Kier molecular flexibility index (Phi) is 5.81. The zero-order chi connectivity index (χ0) is 18.6. The van der Waals surface area contributed by atoms with Gasteiger partial charge in [0.25, 0.3) is 5.91 Å². The molecular weight excluding hydrogens is 366 g/mol. The Labute approximate surface area is 150 Å². The van der Waals surface area contributed by atoms with Crippen LogP contribution in [-0.2, 0) is 19.4 Å². The van der Waals surface area contributed by atoms with Gasteiger partial charge in [0, 0.05) is 11.9 Å². The van der Waals surface area contributed by atoms with E-state index in [1.165, 1.54) is 19.1 Å². The van der Waals surface area contributed by atoms with Gasteiger partial charge in [-0.15, -0.1) is 0 Å². The molecule has 0 aliphatic heterocycles. The van der Waals surface area contributed by atoms with E-state index in [4.69, 9.17) is 16.3 Å². The van der Waals surface area contributed by atoms with Crippen LogP contribution in [0.4, 0.5) is 5.69 Å². The van der Waals surface area contributed by atoms with Gasteiger partial charge in [0.05, 0.1) is 15.5 Å². The van der Waals surface area contributed by atoms with Gasteiger partial charge in [-0.2, -0.15) is 0 Å². The number of esters is 1. The number of ether oxygens (including phenoxy) is 1. The first-order valence-corrected chi connectivity index (χ1v) is 9.52. The van der Waals surface area contributed by atoms with Gasteiger partial charge in [0.2, 0.25) is 0 Å². The van der Waals surface area contributed by atoms with E-state index in [1.807, 2.05) is 0 Å². The third-order valence-electron chi connectivity index (χ3n) is 3.28. The third-order valence-corrected chi connectivity index (χ3v) is 4.72. The standard InChI is InChI=1S/C17H16ClNO5S/c1-11(16(20)19-12-6-4-3-5-7-12)24-17(21)14-10-13(25(2,22)23)8-9-15(14)18/h3-11H,1-2H3,(H,19,20). The van der Waals surface area contributed by atoms with Crippen LogP contribution in [0.2, 0.25) is 5.02 Å². The predicted molar refractivity (Wildman–Crippen MR) is 94.5 cm³/mol. The van der Waals surface area contributed by atoms with Crippen molar-refractivity contribution in [3.63, 3.8) is 0 Å². The number of carbonyl (C=O) groups excluding carboxylic acids is 2. The lowest BCUT2D eigenvalue weighted by Crippen LogP contribution is -2.30. The Morgan fingerprint density at radius 1 is 1.12 bits per heavy atom. The van der Waals surface area contributed by atoms with Gasteiger partial charge >= 0.3 is 5.97 Å². The van der Waals surface area contributed by atoms with Crippen molar-refractivity contribution in [1.29, 1.82) is 0 Å². The van der Waals surface area contributed by atoms with Crippen molar-refractivity contribution in [3.05, 3.63) is 59.1 Å². The maximum Gasteiger partial charge on any atom is 0.340 e. The summed E-state index contributed by atoms with van der Waals surface area (Å²) in [6, 6.07) is 12.4. The molecule has 2 aromatic carbocycles. The number of carbonyl (C=O) groups is 2. The van der Waals surface area contributed by atoms with E-state index < -0.39 is 27.8 Å². The number of halogens is 1. The highest BCUT2D eigenvalue weighted by Gasteiger charge is 2.22. The van der Waals surface area contributed by atoms with Gasteiger partial charge in [0.1, 0.15) is 0 Å². The Morgan fingerprint density at radius 3 is 2.36 bits per heavy atom. The van der Waals surface area contributed by atoms with Gasteiger partial charge < -0.3 is 10.1 Å². The van der Waals surface area contributed by atoms with E-state index >= 15 is 0 Å². The number of hydrogen-bond acceptors (Lipinski definition) is 5. The largest absolute Gasteiger partial charge is 0.449 e. The van der Waals surface area contributed by atoms with Crippen molar-refractivity contribution < 1.29 is 22.7 Å². The molecule has 0 spiro atoms. The summed E-state index contributed by atoms with van der Waals surface area (Å²) in [5, 5.41) is 2.64. The average Bonchev–Trinajstić information content (AvgIpc) is 2.54. The van der Waals surface area contributed by atoms with Gasteiger partial charge in [-0.25, -0.2) is 13.2 Å². The molecule has 0 bridgehead atoms. The van der Waals surface area contributed by atoms with Gasteiger partial charge in [-0.05, 0) is 37.3 Å². The van der Waals surface area contributed by atoms with Crippen molar-refractivity contribution in [2.45, 2.75) is 17.9 Å². The second-order valence-electron chi connectivity index (χ2n) is 5.32. The molecule has 1 unspecified atom stereocenters. The van der Waals surface area contributed by atoms with E-state index in [0.29, 0.717) is 5.69 Å². The lowest BCUT2D eigenvalue weighted by molar-refractivity contribution is -0.123. The van der Waals surface area contributed by atoms with Crippen molar-refractivity contribution in [2.24, 2.45) is 0 Å². The molecule has 25 heavy (non-hydrogen) atoms. The molecule has 1 atom stereocenters. The molecule has 0 aliphatic rings.